The summed E-state index contributed by atoms with van der Waals surface area (Å²) in [5.74, 6) is 0.235. The van der Waals surface area contributed by atoms with Gasteiger partial charge in [0.15, 0.2) is 0 Å². The Hall–Kier alpha value is -1.63. The monoisotopic (exact) mass is 225 g/mol. The number of hydrogen-bond acceptors (Lipinski definition) is 5. The summed E-state index contributed by atoms with van der Waals surface area (Å²) in [7, 11) is 2.98. The van der Waals surface area contributed by atoms with Gasteiger partial charge in [0.1, 0.15) is 0 Å². The maximum absolute atomic E-state index is 11.7. The lowest BCUT2D eigenvalue weighted by atomic mass is 10.3. The van der Waals surface area contributed by atoms with Crippen molar-refractivity contribution in [2.45, 2.75) is 12.5 Å². The van der Waals surface area contributed by atoms with Gasteiger partial charge in [-0.3, -0.25) is 9.36 Å². The second-order valence-corrected chi connectivity index (χ2v) is 3.95. The molecule has 1 atom stereocenters. The van der Waals surface area contributed by atoms with Crippen molar-refractivity contribution in [3.8, 4) is 0 Å². The highest BCUT2D eigenvalue weighted by Gasteiger charge is 2.17. The van der Waals surface area contributed by atoms with E-state index in [2.05, 4.69) is 15.7 Å². The van der Waals surface area contributed by atoms with Crippen LogP contribution >= 0.6 is 0 Å². The van der Waals surface area contributed by atoms with E-state index in [4.69, 9.17) is 0 Å². The fourth-order valence-electron chi connectivity index (χ4n) is 1.76. The molecule has 1 fully saturated rings. The van der Waals surface area contributed by atoms with E-state index < -0.39 is 5.69 Å². The molecule has 1 aliphatic rings. The van der Waals surface area contributed by atoms with Crippen molar-refractivity contribution in [3.05, 3.63) is 20.8 Å². The molecule has 1 aliphatic heterocycles. The van der Waals surface area contributed by atoms with Crippen LogP contribution in [0.3, 0.4) is 0 Å². The molecular weight excluding hydrogens is 210 g/mol. The van der Waals surface area contributed by atoms with Gasteiger partial charge in [-0.2, -0.15) is 0 Å². The van der Waals surface area contributed by atoms with Crippen LogP contribution in [0.5, 0.6) is 0 Å². The van der Waals surface area contributed by atoms with Crippen LogP contribution in [-0.4, -0.2) is 33.5 Å². The normalized spacial score (nSPS) is 20.0. The highest BCUT2D eigenvalue weighted by atomic mass is 16.2. The molecular formula is C9H15N5O2. The molecule has 1 aromatic rings. The van der Waals surface area contributed by atoms with Crippen molar-refractivity contribution < 1.29 is 0 Å². The molecule has 0 bridgehead atoms. The molecule has 1 aromatic heterocycles. The van der Waals surface area contributed by atoms with Crippen molar-refractivity contribution in [3.63, 3.8) is 0 Å². The fraction of sp³-hybridized carbons (Fsp3) is 0.667. The highest BCUT2D eigenvalue weighted by Crippen LogP contribution is 2.02. The molecule has 0 radical (unpaired) electrons. The Labute approximate surface area is 92.1 Å². The molecule has 0 spiro atoms. The Bertz CT molecular complexity index is 498. The van der Waals surface area contributed by atoms with E-state index in [0.717, 1.165) is 28.8 Å². The van der Waals surface area contributed by atoms with E-state index in [1.54, 1.807) is 0 Å². The molecule has 2 N–H and O–H groups in total. The first kappa shape index (κ1) is 10.9. The molecule has 0 amide bonds. The predicted molar refractivity (Wildman–Crippen MR) is 59.6 cm³/mol. The quantitative estimate of drug-likeness (QED) is 0.624. The summed E-state index contributed by atoms with van der Waals surface area (Å²) in [6.45, 7) is 1.75. The standard InChI is InChI=1S/C9H15N5O2/c1-13-8(15)7(12-14(2)9(13)16)11-6-3-4-10-5-6/h6,10H,3-5H2,1-2H3,(H,11,12). The Morgan fingerprint density at radius 2 is 2.19 bits per heavy atom. The average Bonchev–Trinajstić information content (AvgIpc) is 2.76. The average molecular weight is 225 g/mol. The third kappa shape index (κ3) is 1.85. The van der Waals surface area contributed by atoms with Crippen LogP contribution in [0, 0.1) is 0 Å². The van der Waals surface area contributed by atoms with Crippen LogP contribution in [0.2, 0.25) is 0 Å². The van der Waals surface area contributed by atoms with Gasteiger partial charge >= 0.3 is 5.69 Å². The van der Waals surface area contributed by atoms with Gasteiger partial charge in [-0.05, 0) is 13.0 Å². The number of anilines is 1. The van der Waals surface area contributed by atoms with Gasteiger partial charge in [0, 0.05) is 26.7 Å². The van der Waals surface area contributed by atoms with E-state index in [-0.39, 0.29) is 17.4 Å². The minimum atomic E-state index is -0.417. The summed E-state index contributed by atoms with van der Waals surface area (Å²) >= 11 is 0. The van der Waals surface area contributed by atoms with Crippen molar-refractivity contribution >= 4 is 5.82 Å². The van der Waals surface area contributed by atoms with Crippen LogP contribution in [-0.2, 0) is 14.1 Å². The zero-order valence-corrected chi connectivity index (χ0v) is 9.36. The van der Waals surface area contributed by atoms with Gasteiger partial charge in [-0.25, -0.2) is 9.48 Å². The maximum atomic E-state index is 11.7. The van der Waals surface area contributed by atoms with Crippen LogP contribution in [0.4, 0.5) is 5.82 Å². The van der Waals surface area contributed by atoms with Crippen molar-refractivity contribution in [1.29, 1.82) is 0 Å². The molecule has 1 unspecified atom stereocenters. The number of nitrogens with one attached hydrogen (secondary N) is 2. The second kappa shape index (κ2) is 4.09. The van der Waals surface area contributed by atoms with Crippen LogP contribution < -0.4 is 21.9 Å². The topological polar surface area (TPSA) is 81.0 Å². The summed E-state index contributed by atoms with van der Waals surface area (Å²) in [5, 5.41) is 10.2. The highest BCUT2D eigenvalue weighted by molar-refractivity contribution is 5.31. The third-order valence-electron chi connectivity index (χ3n) is 2.72. The van der Waals surface area contributed by atoms with E-state index in [1.807, 2.05) is 0 Å². The smallest absolute Gasteiger partial charge is 0.346 e. The van der Waals surface area contributed by atoms with Crippen molar-refractivity contribution in [2.24, 2.45) is 14.1 Å². The predicted octanol–water partition coefficient (Wildman–Crippen LogP) is -1.75. The Morgan fingerprint density at radius 1 is 1.44 bits per heavy atom. The number of rotatable bonds is 2. The van der Waals surface area contributed by atoms with Gasteiger partial charge in [0.2, 0.25) is 5.82 Å². The first-order valence-electron chi connectivity index (χ1n) is 5.21. The Balaban J connectivity index is 2.34. The Kier molecular flexibility index (Phi) is 2.78. The zero-order chi connectivity index (χ0) is 11.7. The minimum Gasteiger partial charge on any atom is -0.360 e. The number of aryl methyl sites for hydroxylation is 1. The van der Waals surface area contributed by atoms with Gasteiger partial charge in [0.05, 0.1) is 0 Å². The lowest BCUT2D eigenvalue weighted by Gasteiger charge is -2.12. The molecule has 0 aliphatic carbocycles. The number of aromatic nitrogens is 3. The summed E-state index contributed by atoms with van der Waals surface area (Å²) in [6.07, 6.45) is 0.952. The van der Waals surface area contributed by atoms with Gasteiger partial charge < -0.3 is 10.6 Å². The summed E-state index contributed by atoms with van der Waals surface area (Å²) < 4.78 is 2.21. The lowest BCUT2D eigenvalue weighted by molar-refractivity contribution is 0.599. The molecule has 1 saturated heterocycles. The molecule has 2 rings (SSSR count). The van der Waals surface area contributed by atoms with Gasteiger partial charge in [-0.15, -0.1) is 5.10 Å². The fourth-order valence-corrected chi connectivity index (χ4v) is 1.76. The molecule has 88 valence electrons. The SMILES string of the molecule is Cn1nc(NC2CCNC2)c(=O)n(C)c1=O. The summed E-state index contributed by atoms with van der Waals surface area (Å²) in [4.78, 5) is 23.1. The van der Waals surface area contributed by atoms with E-state index in [9.17, 15) is 9.59 Å². The third-order valence-corrected chi connectivity index (χ3v) is 2.72. The molecule has 16 heavy (non-hydrogen) atoms. The first-order valence-corrected chi connectivity index (χ1v) is 5.21. The van der Waals surface area contributed by atoms with E-state index in [0.29, 0.717) is 0 Å². The molecule has 7 nitrogen and oxygen atoms in total. The zero-order valence-electron chi connectivity index (χ0n) is 9.36. The van der Waals surface area contributed by atoms with E-state index in [1.165, 1.54) is 14.1 Å². The molecule has 2 heterocycles. The lowest BCUT2D eigenvalue weighted by Crippen LogP contribution is -2.41. The first-order chi connectivity index (χ1) is 7.59. The maximum Gasteiger partial charge on any atom is 0.346 e. The molecule has 0 saturated carbocycles. The molecule has 0 aromatic carbocycles. The number of hydrogen-bond donors (Lipinski definition) is 2. The summed E-state index contributed by atoms with van der Waals surface area (Å²) in [5.41, 5.74) is -0.796. The van der Waals surface area contributed by atoms with Gasteiger partial charge in [0.25, 0.3) is 5.56 Å². The van der Waals surface area contributed by atoms with Crippen LogP contribution in [0.15, 0.2) is 9.59 Å². The van der Waals surface area contributed by atoms with Crippen molar-refractivity contribution in [1.82, 2.24) is 19.7 Å². The van der Waals surface area contributed by atoms with Gasteiger partial charge in [-0.1, -0.05) is 0 Å². The Morgan fingerprint density at radius 3 is 2.81 bits per heavy atom. The summed E-state index contributed by atoms with van der Waals surface area (Å²) in [6, 6.07) is 0.206. The van der Waals surface area contributed by atoms with Crippen LogP contribution in [0.25, 0.3) is 0 Å². The second-order valence-electron chi connectivity index (χ2n) is 3.95. The van der Waals surface area contributed by atoms with Crippen molar-refractivity contribution in [2.75, 3.05) is 18.4 Å². The minimum absolute atomic E-state index is 0.206. The van der Waals surface area contributed by atoms with Crippen LogP contribution in [0.1, 0.15) is 6.42 Å². The number of nitrogens with zero attached hydrogens (tertiary/aromatic N) is 3. The largest absolute Gasteiger partial charge is 0.360 e. The van der Waals surface area contributed by atoms with E-state index >= 15 is 0 Å². The molecule has 7 heteroatoms.